The lowest BCUT2D eigenvalue weighted by atomic mass is 9.90. The molecule has 5 rings (SSSR count). The first-order valence-electron chi connectivity index (χ1n) is 11.2. The molecule has 0 radical (unpaired) electrons. The maximum Gasteiger partial charge on any atom is 0.266 e. The zero-order valence-corrected chi connectivity index (χ0v) is 21.0. The lowest BCUT2D eigenvalue weighted by Gasteiger charge is -2.16. The zero-order chi connectivity index (χ0) is 24.4. The van der Waals surface area contributed by atoms with Crippen LogP contribution in [0.5, 0.6) is 0 Å². The molecular formula is C25H21ClN4O3S2. The second-order valence-corrected chi connectivity index (χ2v) is 10.4. The maximum atomic E-state index is 12.8. The largest absolute Gasteiger partial charge is 0.306 e. The number of fused-ring (bicyclic) bond motifs is 1. The number of thioether (sulfide) groups is 1. The summed E-state index contributed by atoms with van der Waals surface area (Å²) in [5.41, 5.74) is 4.85. The van der Waals surface area contributed by atoms with Gasteiger partial charge in [-0.15, -0.1) is 0 Å². The molecule has 35 heavy (non-hydrogen) atoms. The molecule has 2 aliphatic rings. The molecule has 0 spiro atoms. The number of nitrogens with zero attached hydrogens (tertiary/aromatic N) is 3. The summed E-state index contributed by atoms with van der Waals surface area (Å²) in [6.07, 6.45) is 6.32. The van der Waals surface area contributed by atoms with Gasteiger partial charge in [-0.3, -0.25) is 14.5 Å². The summed E-state index contributed by atoms with van der Waals surface area (Å²) in [6.45, 7) is 0.161. The fourth-order valence-electron chi connectivity index (χ4n) is 4.15. The van der Waals surface area contributed by atoms with Crippen molar-refractivity contribution in [3.8, 4) is 11.3 Å². The Kier molecular flexibility index (Phi) is 6.99. The van der Waals surface area contributed by atoms with Gasteiger partial charge in [0, 0.05) is 23.6 Å². The van der Waals surface area contributed by atoms with Crippen molar-refractivity contribution in [1.29, 1.82) is 0 Å². The number of aromatic nitrogens is 2. The Morgan fingerprint density at radius 3 is 2.71 bits per heavy atom. The highest BCUT2D eigenvalue weighted by Crippen LogP contribution is 2.33. The highest BCUT2D eigenvalue weighted by atomic mass is 35.5. The third-order valence-electron chi connectivity index (χ3n) is 5.97. The number of halogens is 1. The van der Waals surface area contributed by atoms with Gasteiger partial charge in [0.25, 0.3) is 5.91 Å². The first-order chi connectivity index (χ1) is 17.0. The highest BCUT2D eigenvalue weighted by molar-refractivity contribution is 8.26. The molecule has 1 fully saturated rings. The van der Waals surface area contributed by atoms with E-state index in [0.717, 1.165) is 24.0 Å². The van der Waals surface area contributed by atoms with Crippen molar-refractivity contribution in [3.63, 3.8) is 0 Å². The van der Waals surface area contributed by atoms with Gasteiger partial charge >= 0.3 is 0 Å². The molecule has 3 aromatic rings. The Morgan fingerprint density at radius 1 is 1.14 bits per heavy atom. The SMILES string of the molecule is O=C(CCN1C(=O)/C(=C/c2ccc(Cl)cc2)SC1=S)Nc1nonc1-c1ccc2c(c1)CCCC2. The molecule has 0 atom stereocenters. The van der Waals surface area contributed by atoms with E-state index >= 15 is 0 Å². The first-order valence-corrected chi connectivity index (χ1v) is 12.8. The number of amides is 2. The van der Waals surface area contributed by atoms with Crippen LogP contribution in [0.3, 0.4) is 0 Å². The van der Waals surface area contributed by atoms with Gasteiger partial charge in [0.2, 0.25) is 11.7 Å². The third-order valence-corrected chi connectivity index (χ3v) is 7.60. The minimum atomic E-state index is -0.310. The molecule has 1 aliphatic heterocycles. The normalized spacial score (nSPS) is 16.6. The van der Waals surface area contributed by atoms with E-state index in [-0.39, 0.29) is 30.6 Å². The lowest BCUT2D eigenvalue weighted by Crippen LogP contribution is -2.31. The van der Waals surface area contributed by atoms with Crippen molar-refractivity contribution in [1.82, 2.24) is 15.2 Å². The van der Waals surface area contributed by atoms with Crippen molar-refractivity contribution >= 4 is 63.6 Å². The van der Waals surface area contributed by atoms with Crippen molar-refractivity contribution in [3.05, 3.63) is 69.1 Å². The number of thiocarbonyl (C=S) groups is 1. The molecule has 2 amide bonds. The Bertz CT molecular complexity index is 1340. The van der Waals surface area contributed by atoms with Crippen LogP contribution in [0, 0.1) is 0 Å². The number of anilines is 1. The molecule has 1 aromatic heterocycles. The van der Waals surface area contributed by atoms with Gasteiger partial charge in [-0.1, -0.05) is 59.8 Å². The molecule has 0 bridgehead atoms. The standard InChI is InChI=1S/C25H21ClN4O3S2/c26-19-9-5-15(6-10-19)13-20-24(32)30(25(34)35-20)12-11-21(31)27-23-22(28-33-29-23)18-8-7-16-3-1-2-4-17(16)14-18/h5-10,13-14H,1-4,11-12H2,(H,27,29,31)/b20-13-. The maximum absolute atomic E-state index is 12.8. The average molecular weight is 525 g/mol. The Morgan fingerprint density at radius 2 is 1.91 bits per heavy atom. The average Bonchev–Trinajstić information content (AvgIpc) is 3.42. The number of hydrogen-bond donors (Lipinski definition) is 1. The number of hydrogen-bond acceptors (Lipinski definition) is 7. The van der Waals surface area contributed by atoms with E-state index in [9.17, 15) is 9.59 Å². The number of rotatable bonds is 6. The second kappa shape index (κ2) is 10.3. The van der Waals surface area contributed by atoms with E-state index in [1.807, 2.05) is 18.2 Å². The lowest BCUT2D eigenvalue weighted by molar-refractivity contribution is -0.122. The summed E-state index contributed by atoms with van der Waals surface area (Å²) in [5.74, 6) is -0.268. The molecular weight excluding hydrogens is 504 g/mol. The predicted molar refractivity (Wildman–Crippen MR) is 141 cm³/mol. The van der Waals surface area contributed by atoms with Crippen LogP contribution in [0.4, 0.5) is 5.82 Å². The van der Waals surface area contributed by atoms with Crippen LogP contribution in [0.25, 0.3) is 17.3 Å². The van der Waals surface area contributed by atoms with Gasteiger partial charge in [-0.2, -0.15) is 0 Å². The zero-order valence-electron chi connectivity index (χ0n) is 18.6. The fraction of sp³-hybridized carbons (Fsp3) is 0.240. The van der Waals surface area contributed by atoms with Crippen LogP contribution in [0.2, 0.25) is 5.02 Å². The number of carbonyl (C=O) groups is 2. The Balaban J connectivity index is 1.22. The van der Waals surface area contributed by atoms with Crippen molar-refractivity contribution < 1.29 is 14.2 Å². The summed E-state index contributed by atoms with van der Waals surface area (Å²) < 4.78 is 5.33. The highest BCUT2D eigenvalue weighted by Gasteiger charge is 2.32. The van der Waals surface area contributed by atoms with Gasteiger partial charge in [0.1, 0.15) is 4.32 Å². The van der Waals surface area contributed by atoms with Crippen LogP contribution in [-0.4, -0.2) is 37.9 Å². The summed E-state index contributed by atoms with van der Waals surface area (Å²) in [5, 5.41) is 11.3. The van der Waals surface area contributed by atoms with Crippen LogP contribution < -0.4 is 5.32 Å². The van der Waals surface area contributed by atoms with Crippen molar-refractivity contribution in [2.24, 2.45) is 0 Å². The fourth-order valence-corrected chi connectivity index (χ4v) is 5.59. The quantitative estimate of drug-likeness (QED) is 0.336. The molecule has 7 nitrogen and oxygen atoms in total. The van der Waals surface area contributed by atoms with Gasteiger partial charge in [0.15, 0.2) is 5.69 Å². The van der Waals surface area contributed by atoms with E-state index < -0.39 is 0 Å². The van der Waals surface area contributed by atoms with E-state index in [2.05, 4.69) is 27.8 Å². The molecule has 2 aromatic carbocycles. The number of aryl methyl sites for hydroxylation is 2. The van der Waals surface area contributed by atoms with Gasteiger partial charge in [-0.05, 0) is 77.0 Å². The van der Waals surface area contributed by atoms with Crippen LogP contribution in [0.15, 0.2) is 52.0 Å². The Labute approximate surface area is 216 Å². The Hall–Kier alpha value is -3.01. The van der Waals surface area contributed by atoms with E-state index in [0.29, 0.717) is 19.9 Å². The van der Waals surface area contributed by atoms with Crippen LogP contribution in [0.1, 0.15) is 36.0 Å². The topological polar surface area (TPSA) is 88.3 Å². The minimum Gasteiger partial charge on any atom is -0.306 e. The first kappa shape index (κ1) is 23.7. The minimum absolute atomic E-state index is 0.0527. The van der Waals surface area contributed by atoms with Crippen molar-refractivity contribution in [2.45, 2.75) is 32.1 Å². The molecule has 1 aliphatic carbocycles. The summed E-state index contributed by atoms with van der Waals surface area (Å²) in [6, 6.07) is 13.4. The predicted octanol–water partition coefficient (Wildman–Crippen LogP) is 5.50. The smallest absolute Gasteiger partial charge is 0.266 e. The molecule has 1 saturated heterocycles. The number of benzene rings is 2. The van der Waals surface area contributed by atoms with Crippen LogP contribution in [-0.2, 0) is 22.4 Å². The van der Waals surface area contributed by atoms with E-state index in [1.165, 1.54) is 40.6 Å². The van der Waals surface area contributed by atoms with E-state index in [1.54, 1.807) is 18.2 Å². The molecule has 1 N–H and O–H groups in total. The van der Waals surface area contributed by atoms with Crippen LogP contribution >= 0.6 is 35.6 Å². The van der Waals surface area contributed by atoms with Crippen molar-refractivity contribution in [2.75, 3.05) is 11.9 Å². The molecule has 0 saturated carbocycles. The molecule has 2 heterocycles. The van der Waals surface area contributed by atoms with E-state index in [4.69, 9.17) is 28.4 Å². The summed E-state index contributed by atoms with van der Waals surface area (Å²) in [4.78, 5) is 27.4. The second-order valence-electron chi connectivity index (χ2n) is 8.34. The summed E-state index contributed by atoms with van der Waals surface area (Å²) >= 11 is 12.5. The monoisotopic (exact) mass is 524 g/mol. The van der Waals surface area contributed by atoms with Gasteiger partial charge in [0.05, 0.1) is 4.91 Å². The van der Waals surface area contributed by atoms with Gasteiger partial charge < -0.3 is 5.32 Å². The number of nitrogens with one attached hydrogen (secondary N) is 1. The number of carbonyl (C=O) groups excluding carboxylic acids is 2. The third kappa shape index (κ3) is 5.32. The molecule has 178 valence electrons. The molecule has 10 heteroatoms. The molecule has 0 unspecified atom stereocenters. The van der Waals surface area contributed by atoms with Gasteiger partial charge in [-0.25, -0.2) is 4.63 Å². The summed E-state index contributed by atoms with van der Waals surface area (Å²) in [7, 11) is 0.